The van der Waals surface area contributed by atoms with Crippen LogP contribution in [0.25, 0.3) is 10.4 Å². The third-order valence-corrected chi connectivity index (χ3v) is 4.80. The van der Waals surface area contributed by atoms with E-state index in [1.165, 1.54) is 6.20 Å². The highest BCUT2D eigenvalue weighted by molar-refractivity contribution is 7.15. The summed E-state index contributed by atoms with van der Waals surface area (Å²) in [5, 5.41) is 12.2. The maximum Gasteiger partial charge on any atom is 0.406 e. The van der Waals surface area contributed by atoms with E-state index in [1.54, 1.807) is 48.1 Å². The molecule has 0 aliphatic carbocycles. The van der Waals surface area contributed by atoms with Gasteiger partial charge in [0.25, 0.3) is 0 Å². The fraction of sp³-hybridized carbons (Fsp3) is 0.235. The number of nitro groups is 1. The van der Waals surface area contributed by atoms with Crippen molar-refractivity contribution in [2.75, 3.05) is 0 Å². The van der Waals surface area contributed by atoms with Crippen LogP contribution in [-0.4, -0.2) is 19.9 Å². The molecule has 0 aliphatic heterocycles. The van der Waals surface area contributed by atoms with Crippen LogP contribution < -0.4 is 4.74 Å². The zero-order chi connectivity index (χ0) is 17.8. The molecule has 0 N–H and O–H groups in total. The van der Waals surface area contributed by atoms with Gasteiger partial charge in [-0.25, -0.2) is 4.98 Å². The second kappa shape index (κ2) is 7.35. The number of nitrogens with zero attached hydrogens (tertiary/aromatic N) is 4. The van der Waals surface area contributed by atoms with Gasteiger partial charge >= 0.3 is 5.82 Å². The van der Waals surface area contributed by atoms with E-state index >= 15 is 0 Å². The molecule has 0 atom stereocenters. The highest BCUT2D eigenvalue weighted by atomic mass is 32.1. The van der Waals surface area contributed by atoms with Gasteiger partial charge in [-0.15, -0.1) is 11.3 Å². The summed E-state index contributed by atoms with van der Waals surface area (Å²) in [4.78, 5) is 23.9. The highest BCUT2D eigenvalue weighted by Crippen LogP contribution is 2.34. The molecule has 0 spiro atoms. The largest absolute Gasteiger partial charge is 0.481 e. The predicted molar refractivity (Wildman–Crippen MR) is 94.7 cm³/mol. The van der Waals surface area contributed by atoms with Gasteiger partial charge in [0.1, 0.15) is 12.8 Å². The number of hydrogen-bond acceptors (Lipinski definition) is 7. The van der Waals surface area contributed by atoms with Gasteiger partial charge in [-0.2, -0.15) is 0 Å². The number of pyridine rings is 2. The molecule has 3 aromatic rings. The molecule has 3 aromatic heterocycles. The van der Waals surface area contributed by atoms with Crippen molar-refractivity contribution in [3.05, 3.63) is 63.7 Å². The zero-order valence-corrected chi connectivity index (χ0v) is 14.6. The van der Waals surface area contributed by atoms with E-state index in [0.717, 1.165) is 21.0 Å². The van der Waals surface area contributed by atoms with E-state index < -0.39 is 4.92 Å². The van der Waals surface area contributed by atoms with Gasteiger partial charge in [0.2, 0.25) is 5.75 Å². The van der Waals surface area contributed by atoms with E-state index in [2.05, 4.69) is 28.8 Å². The van der Waals surface area contributed by atoms with E-state index in [-0.39, 0.29) is 18.2 Å². The lowest BCUT2D eigenvalue weighted by Gasteiger charge is -2.07. The summed E-state index contributed by atoms with van der Waals surface area (Å²) in [5.41, 5.74) is 1.62. The van der Waals surface area contributed by atoms with Crippen molar-refractivity contribution in [3.63, 3.8) is 0 Å². The highest BCUT2D eigenvalue weighted by Gasteiger charge is 2.20. The lowest BCUT2D eigenvalue weighted by molar-refractivity contribution is -0.390. The number of rotatable bonds is 6. The minimum atomic E-state index is -0.544. The molecule has 0 fully saturated rings. The zero-order valence-electron chi connectivity index (χ0n) is 13.7. The maximum atomic E-state index is 11.2. The quantitative estimate of drug-likeness (QED) is 0.485. The van der Waals surface area contributed by atoms with Crippen LogP contribution >= 0.6 is 11.3 Å². The Bertz CT molecular complexity index is 881. The fourth-order valence-corrected chi connectivity index (χ4v) is 3.04. The molecule has 25 heavy (non-hydrogen) atoms. The minimum absolute atomic E-state index is 0.138. The number of aromatic nitrogens is 3. The molecule has 0 amide bonds. The monoisotopic (exact) mass is 356 g/mol. The molecular weight excluding hydrogens is 340 g/mol. The van der Waals surface area contributed by atoms with Crippen molar-refractivity contribution in [3.8, 4) is 16.2 Å². The Morgan fingerprint density at radius 3 is 2.64 bits per heavy atom. The van der Waals surface area contributed by atoms with Gasteiger partial charge in [-0.3, -0.25) is 4.98 Å². The third kappa shape index (κ3) is 3.97. The molecular formula is C17H16N4O3S. The van der Waals surface area contributed by atoms with Crippen LogP contribution in [0.5, 0.6) is 5.75 Å². The van der Waals surface area contributed by atoms with Crippen LogP contribution in [0, 0.1) is 10.1 Å². The van der Waals surface area contributed by atoms with Crippen LogP contribution in [0.15, 0.2) is 43.0 Å². The first-order chi connectivity index (χ1) is 12.0. The Morgan fingerprint density at radius 1 is 1.24 bits per heavy atom. The predicted octanol–water partition coefficient (Wildman–Crippen LogP) is 4.21. The van der Waals surface area contributed by atoms with Crippen molar-refractivity contribution < 1.29 is 9.66 Å². The second-order valence-electron chi connectivity index (χ2n) is 5.66. The molecule has 0 bridgehead atoms. The fourth-order valence-electron chi connectivity index (χ4n) is 2.14. The van der Waals surface area contributed by atoms with Gasteiger partial charge in [0.05, 0.1) is 9.88 Å². The molecule has 0 aromatic carbocycles. The van der Waals surface area contributed by atoms with Crippen molar-refractivity contribution in [2.24, 2.45) is 0 Å². The normalized spacial score (nSPS) is 10.8. The summed E-state index contributed by atoms with van der Waals surface area (Å²) < 4.78 is 5.65. The molecule has 3 heterocycles. The summed E-state index contributed by atoms with van der Waals surface area (Å²) in [6, 6.07) is 5.23. The Balaban J connectivity index is 1.89. The second-order valence-corrected chi connectivity index (χ2v) is 6.73. The first-order valence-electron chi connectivity index (χ1n) is 7.67. The van der Waals surface area contributed by atoms with E-state index in [0.29, 0.717) is 5.92 Å². The van der Waals surface area contributed by atoms with Gasteiger partial charge in [-0.1, -0.05) is 13.8 Å². The molecule has 7 nitrogen and oxygen atoms in total. The Kier molecular flexibility index (Phi) is 4.99. The van der Waals surface area contributed by atoms with Crippen LogP contribution in [0.2, 0.25) is 0 Å². The maximum absolute atomic E-state index is 11.2. The summed E-state index contributed by atoms with van der Waals surface area (Å²) in [7, 11) is 0. The number of ether oxygens (including phenoxy) is 1. The summed E-state index contributed by atoms with van der Waals surface area (Å²) >= 11 is 1.55. The van der Waals surface area contributed by atoms with Gasteiger partial charge < -0.3 is 14.9 Å². The lowest BCUT2D eigenvalue weighted by atomic mass is 10.2. The molecule has 0 aliphatic rings. The first kappa shape index (κ1) is 17.0. The topological polar surface area (TPSA) is 91.0 Å². The summed E-state index contributed by atoms with van der Waals surface area (Å²) in [5.74, 6) is 0.164. The van der Waals surface area contributed by atoms with E-state index in [9.17, 15) is 10.1 Å². The minimum Gasteiger partial charge on any atom is -0.481 e. The Morgan fingerprint density at radius 2 is 2.00 bits per heavy atom. The first-order valence-corrected chi connectivity index (χ1v) is 8.48. The van der Waals surface area contributed by atoms with Crippen LogP contribution in [0.4, 0.5) is 5.82 Å². The molecule has 8 heteroatoms. The number of thiazole rings is 1. The van der Waals surface area contributed by atoms with Crippen LogP contribution in [-0.2, 0) is 6.61 Å². The smallest absolute Gasteiger partial charge is 0.406 e. The average molecular weight is 356 g/mol. The van der Waals surface area contributed by atoms with Crippen molar-refractivity contribution in [1.82, 2.24) is 15.0 Å². The molecule has 0 saturated carbocycles. The Hall–Kier alpha value is -2.87. The Labute approximate surface area is 148 Å². The SMILES string of the molecule is CC(C)c1ncc(-c2cnc([N+](=O)[O-])c(OCc3ccncc3)c2)s1. The van der Waals surface area contributed by atoms with Crippen molar-refractivity contribution >= 4 is 17.2 Å². The molecule has 0 unspecified atom stereocenters. The molecule has 128 valence electrons. The molecule has 0 radical (unpaired) electrons. The van der Waals surface area contributed by atoms with Crippen LogP contribution in [0.1, 0.15) is 30.3 Å². The standard InChI is InChI=1S/C17H16N4O3S/c1-11(2)17-20-9-15(25-17)13-7-14(16(19-8-13)21(22)23)24-10-12-3-5-18-6-4-12/h3-9,11H,10H2,1-2H3. The van der Waals surface area contributed by atoms with E-state index in [4.69, 9.17) is 4.74 Å². The van der Waals surface area contributed by atoms with Gasteiger partial charge in [0, 0.05) is 36.1 Å². The third-order valence-electron chi connectivity index (χ3n) is 3.45. The van der Waals surface area contributed by atoms with Gasteiger partial charge in [-0.05, 0) is 27.6 Å². The molecule has 0 saturated heterocycles. The average Bonchev–Trinajstić information content (AvgIpc) is 3.11. The van der Waals surface area contributed by atoms with Crippen molar-refractivity contribution in [2.45, 2.75) is 26.4 Å². The van der Waals surface area contributed by atoms with E-state index in [1.807, 2.05) is 0 Å². The summed E-state index contributed by atoms with van der Waals surface area (Å²) in [6.07, 6.45) is 6.53. The number of hydrogen-bond donors (Lipinski definition) is 0. The lowest BCUT2D eigenvalue weighted by Crippen LogP contribution is -2.01. The van der Waals surface area contributed by atoms with Gasteiger partial charge in [0.15, 0.2) is 0 Å². The molecule has 3 rings (SSSR count). The summed E-state index contributed by atoms with van der Waals surface area (Å²) in [6.45, 7) is 4.34. The van der Waals surface area contributed by atoms with Crippen LogP contribution in [0.3, 0.4) is 0 Å². The van der Waals surface area contributed by atoms with Crippen molar-refractivity contribution in [1.29, 1.82) is 0 Å².